The van der Waals surface area contributed by atoms with Gasteiger partial charge in [-0.25, -0.2) is 14.2 Å². The lowest BCUT2D eigenvalue weighted by molar-refractivity contribution is -0.124. The Labute approximate surface area is 391 Å². The number of carbonyl (C=O) groups excluding carboxylic acids is 2. The van der Waals surface area contributed by atoms with Crippen LogP contribution in [0.1, 0.15) is 93.8 Å². The van der Waals surface area contributed by atoms with Crippen molar-refractivity contribution < 1.29 is 18.7 Å². The molecule has 1 atom stereocenters. The van der Waals surface area contributed by atoms with E-state index in [1.165, 1.54) is 41.5 Å². The monoisotopic (exact) mass is 919 g/mol. The van der Waals surface area contributed by atoms with Crippen LogP contribution in [0.4, 0.5) is 16.0 Å². The molecule has 2 N–H and O–H groups in total. The number of ether oxygens (including phenoxy) is 1. The van der Waals surface area contributed by atoms with Crippen molar-refractivity contribution in [3.05, 3.63) is 106 Å². The summed E-state index contributed by atoms with van der Waals surface area (Å²) >= 11 is 6.12. The van der Waals surface area contributed by atoms with Crippen LogP contribution in [0.2, 0.25) is 5.02 Å². The van der Waals surface area contributed by atoms with E-state index in [9.17, 15) is 18.8 Å². The quantitative estimate of drug-likeness (QED) is 0.0537. The molecule has 350 valence electrons. The number of likely N-dealkylation sites (N-methyl/N-ethyl adjacent to an activating group) is 1. The van der Waals surface area contributed by atoms with Crippen molar-refractivity contribution in [2.75, 3.05) is 58.3 Å². The first-order valence-corrected chi connectivity index (χ1v) is 24.1. The number of aryl methyl sites for hydroxylation is 2. The zero-order valence-electron chi connectivity index (χ0n) is 38.3. The fourth-order valence-corrected chi connectivity index (χ4v) is 10.1. The van der Waals surface area contributed by atoms with Crippen LogP contribution in [0.3, 0.4) is 0 Å². The van der Waals surface area contributed by atoms with Gasteiger partial charge in [0.15, 0.2) is 0 Å². The first-order chi connectivity index (χ1) is 32.2. The van der Waals surface area contributed by atoms with Crippen LogP contribution in [0, 0.1) is 5.82 Å². The number of aldehydes is 1. The summed E-state index contributed by atoms with van der Waals surface area (Å²) in [5.74, 6) is -0.285. The number of amides is 1. The van der Waals surface area contributed by atoms with E-state index in [1.54, 1.807) is 24.7 Å². The third-order valence-electron chi connectivity index (χ3n) is 13.4. The molecule has 2 aliphatic rings. The first kappa shape index (κ1) is 47.1. The molecule has 1 saturated carbocycles. The molecule has 2 fully saturated rings. The number of halogens is 2. The minimum atomic E-state index is -0.746. The number of rotatable bonds is 21. The Morgan fingerprint density at radius 3 is 2.50 bits per heavy atom. The molecule has 1 aliphatic carbocycles. The van der Waals surface area contributed by atoms with Crippen LogP contribution in [-0.4, -0.2) is 98.6 Å². The summed E-state index contributed by atoms with van der Waals surface area (Å²) in [6, 6.07) is 18.8. The van der Waals surface area contributed by atoms with Gasteiger partial charge >= 0.3 is 5.69 Å². The van der Waals surface area contributed by atoms with Gasteiger partial charge in [-0.15, -0.1) is 0 Å². The second-order valence-electron chi connectivity index (χ2n) is 17.9. The van der Waals surface area contributed by atoms with E-state index < -0.39 is 11.9 Å². The summed E-state index contributed by atoms with van der Waals surface area (Å²) < 4.78 is 25.6. The molecular weight excluding hydrogens is 857 g/mol. The Bertz CT molecular complexity index is 2630. The van der Waals surface area contributed by atoms with E-state index in [0.717, 1.165) is 130 Å². The molecule has 0 bridgehead atoms. The fourth-order valence-electron chi connectivity index (χ4n) is 9.91. The van der Waals surface area contributed by atoms with Crippen LogP contribution in [-0.2, 0) is 34.3 Å². The number of nitrogens with one attached hydrogen (secondary N) is 2. The van der Waals surface area contributed by atoms with Crippen molar-refractivity contribution in [2.24, 2.45) is 7.05 Å². The number of unbranched alkanes of at least 4 members (excludes halogenated alkanes) is 2. The summed E-state index contributed by atoms with van der Waals surface area (Å²) in [6.45, 7) is 7.67. The highest BCUT2D eigenvalue weighted by molar-refractivity contribution is 6.30. The molecule has 1 unspecified atom stereocenters. The average molecular weight is 921 g/mol. The average Bonchev–Trinajstić information content (AvgIpc) is 3.83. The largest absolute Gasteiger partial charge is 0.381 e. The van der Waals surface area contributed by atoms with Crippen LogP contribution >= 0.6 is 11.6 Å². The van der Waals surface area contributed by atoms with Crippen LogP contribution in [0.15, 0.2) is 77.9 Å². The Balaban J connectivity index is 0.761. The lowest BCUT2D eigenvalue weighted by atomic mass is 9.95. The zero-order chi connectivity index (χ0) is 46.0. The van der Waals surface area contributed by atoms with Crippen molar-refractivity contribution in [2.45, 2.75) is 95.7 Å². The molecule has 4 heterocycles. The molecule has 0 spiro atoms. The maximum atomic E-state index is 14.1. The number of hydrogen-bond donors (Lipinski definition) is 2. The van der Waals surface area contributed by atoms with Crippen LogP contribution in [0.5, 0.6) is 0 Å². The van der Waals surface area contributed by atoms with Gasteiger partial charge in [0.2, 0.25) is 11.9 Å². The molecule has 3 aromatic heterocycles. The number of piperazine rings is 1. The standard InChI is InChI=1S/C51H63ClFN9O4/c1-54-49(64)46(17-10-27-63)62-45-16-9-12-38(47(45)58(2)51(62)65)13-11-29-66-28-8-4-7-22-59-23-25-60(26-24-59)34-36-18-20-37(21-19-36)44-35-61(42-14-5-3-6-15-42)48-43(44)33-55-50(57-48)56-41-31-39(52)30-40(53)32-41/h9,12,16,18-21,27,30-33,35,42,46H,3-8,10-11,13-15,17,22-26,28-29,34H2,1-2H3,(H,54,64)(H,55,56,57). The number of para-hydroxylation sites is 1. The van der Waals surface area contributed by atoms with Gasteiger partial charge < -0.3 is 29.6 Å². The van der Waals surface area contributed by atoms with Gasteiger partial charge in [0, 0.05) is 107 Å². The van der Waals surface area contributed by atoms with E-state index in [1.807, 2.05) is 24.4 Å². The van der Waals surface area contributed by atoms with E-state index in [4.69, 9.17) is 21.3 Å². The SMILES string of the molecule is CNC(=O)C(CCC=O)n1c(=O)n(C)c2c(CCCOCCCCCN3CCN(Cc4ccc(-c5cn(C6CCCCC6)c6nc(Nc7cc(F)cc(Cl)c7)ncc56)cc4)CC3)cccc21. The minimum absolute atomic E-state index is 0.197. The Hall–Kier alpha value is -5.41. The van der Waals surface area contributed by atoms with Crippen molar-refractivity contribution >= 4 is 57.5 Å². The highest BCUT2D eigenvalue weighted by Gasteiger charge is 2.26. The topological polar surface area (TPSA) is 132 Å². The number of fused-ring (bicyclic) bond motifs is 2. The van der Waals surface area contributed by atoms with Gasteiger partial charge in [0.1, 0.15) is 23.8 Å². The molecule has 0 radical (unpaired) electrons. The van der Waals surface area contributed by atoms with Gasteiger partial charge in [-0.3, -0.25) is 18.8 Å². The van der Waals surface area contributed by atoms with Crippen molar-refractivity contribution in [3.8, 4) is 11.1 Å². The fraction of sp³-hybridized carbons (Fsp3) is 0.471. The predicted molar refractivity (Wildman–Crippen MR) is 260 cm³/mol. The molecule has 15 heteroatoms. The van der Waals surface area contributed by atoms with Gasteiger partial charge in [-0.1, -0.05) is 67.3 Å². The second-order valence-corrected chi connectivity index (χ2v) is 18.4. The summed E-state index contributed by atoms with van der Waals surface area (Å²) in [5.41, 5.74) is 7.28. The molecule has 1 saturated heterocycles. The number of nitrogens with zero attached hydrogens (tertiary/aromatic N) is 7. The van der Waals surface area contributed by atoms with Crippen molar-refractivity contribution in [1.82, 2.24) is 38.8 Å². The maximum absolute atomic E-state index is 14.1. The highest BCUT2D eigenvalue weighted by Crippen LogP contribution is 2.37. The number of anilines is 2. The predicted octanol–water partition coefficient (Wildman–Crippen LogP) is 9.00. The van der Waals surface area contributed by atoms with Gasteiger partial charge in [0.25, 0.3) is 0 Å². The van der Waals surface area contributed by atoms with Crippen molar-refractivity contribution in [1.29, 1.82) is 0 Å². The van der Waals surface area contributed by atoms with Gasteiger partial charge in [-0.2, -0.15) is 4.98 Å². The molecular formula is C51H63ClFN9O4. The number of hydrogen-bond acceptors (Lipinski definition) is 9. The number of benzene rings is 3. The number of aromatic nitrogens is 5. The van der Waals surface area contributed by atoms with Gasteiger partial charge in [0.05, 0.1) is 11.0 Å². The summed E-state index contributed by atoms with van der Waals surface area (Å²) in [7, 11) is 3.29. The van der Waals surface area contributed by atoms with Gasteiger partial charge in [-0.05, 0) is 98.9 Å². The second kappa shape index (κ2) is 22.4. The Kier molecular flexibility index (Phi) is 16.0. The van der Waals surface area contributed by atoms with Crippen molar-refractivity contribution in [3.63, 3.8) is 0 Å². The third kappa shape index (κ3) is 11.2. The molecule has 8 rings (SSSR count). The summed E-state index contributed by atoms with van der Waals surface area (Å²) in [6.07, 6.45) is 16.2. The Morgan fingerprint density at radius 1 is 0.970 bits per heavy atom. The van der Waals surface area contributed by atoms with E-state index >= 15 is 0 Å². The molecule has 13 nitrogen and oxygen atoms in total. The van der Waals surface area contributed by atoms with E-state index in [2.05, 4.69) is 60.4 Å². The zero-order valence-corrected chi connectivity index (χ0v) is 39.1. The van der Waals surface area contributed by atoms with Crippen LogP contribution in [0.25, 0.3) is 33.2 Å². The Morgan fingerprint density at radius 2 is 1.74 bits per heavy atom. The van der Waals surface area contributed by atoms with E-state index in [-0.39, 0.29) is 24.4 Å². The highest BCUT2D eigenvalue weighted by atomic mass is 35.5. The molecule has 6 aromatic rings. The smallest absolute Gasteiger partial charge is 0.329 e. The molecule has 1 aliphatic heterocycles. The molecule has 66 heavy (non-hydrogen) atoms. The summed E-state index contributed by atoms with van der Waals surface area (Å²) in [5, 5.41) is 7.12. The third-order valence-corrected chi connectivity index (χ3v) is 13.6. The van der Waals surface area contributed by atoms with E-state index in [0.29, 0.717) is 34.8 Å². The lowest BCUT2D eigenvalue weighted by Gasteiger charge is -2.34. The summed E-state index contributed by atoms with van der Waals surface area (Å²) in [4.78, 5) is 51.9. The molecule has 3 aromatic carbocycles. The maximum Gasteiger partial charge on any atom is 0.329 e. The van der Waals surface area contributed by atoms with Crippen LogP contribution < -0.4 is 16.3 Å². The lowest BCUT2D eigenvalue weighted by Crippen LogP contribution is -2.46. The molecule has 1 amide bonds. The first-order valence-electron chi connectivity index (χ1n) is 23.8. The minimum Gasteiger partial charge on any atom is -0.381 e. The normalized spacial score (nSPS) is 15.7. The number of imidazole rings is 1. The number of carbonyl (C=O) groups is 2.